The summed E-state index contributed by atoms with van der Waals surface area (Å²) < 4.78 is 0. The van der Waals surface area contributed by atoms with Crippen molar-refractivity contribution in [3.63, 3.8) is 0 Å². The molecule has 0 aromatic heterocycles. The van der Waals surface area contributed by atoms with Gasteiger partial charge in [-0.2, -0.15) is 12.1 Å². The predicted molar refractivity (Wildman–Crippen MR) is 192 cm³/mol. The molecule has 0 N–H and O–H groups in total. The molecule has 1 aliphatic carbocycles. The van der Waals surface area contributed by atoms with Gasteiger partial charge in [0.2, 0.25) is 0 Å². The second kappa shape index (κ2) is 18.5. The zero-order valence-electron chi connectivity index (χ0n) is 27.1. The van der Waals surface area contributed by atoms with Crippen LogP contribution in [0.25, 0.3) is 32.7 Å². The molecule has 0 nitrogen and oxygen atoms in total. The van der Waals surface area contributed by atoms with Crippen LogP contribution >= 0.6 is 17.0 Å². The van der Waals surface area contributed by atoms with Gasteiger partial charge in [0, 0.05) is 9.52 Å². The number of benzene rings is 3. The zero-order chi connectivity index (χ0) is 31.4. The summed E-state index contributed by atoms with van der Waals surface area (Å²) in [6, 6.07) is 31.8. The number of hydrogen-bond acceptors (Lipinski definition) is 0. The summed E-state index contributed by atoms with van der Waals surface area (Å²) in [7, 11) is 11.0. The van der Waals surface area contributed by atoms with Gasteiger partial charge in [0.25, 0.3) is 0 Å². The fraction of sp³-hybridized carbons (Fsp3) is 0.385. The third-order valence-corrected chi connectivity index (χ3v) is 8.56. The molecule has 4 heteroatoms. The molecule has 6 rings (SSSR count). The summed E-state index contributed by atoms with van der Waals surface area (Å²) in [4.78, 5) is 0. The van der Waals surface area contributed by atoms with Crippen molar-refractivity contribution >= 4 is 48.1 Å². The second-order valence-electron chi connectivity index (χ2n) is 12.1. The molecule has 0 spiro atoms. The minimum atomic E-state index is -0.826. The van der Waals surface area contributed by atoms with E-state index in [4.69, 9.17) is 17.0 Å². The molecular weight excluding hydrogens is 659 g/mol. The zero-order valence-corrected chi connectivity index (χ0v) is 32.1. The van der Waals surface area contributed by atoms with Gasteiger partial charge in [-0.1, -0.05) is 115 Å². The number of aryl methyl sites for hydroxylation is 1. The van der Waals surface area contributed by atoms with E-state index < -0.39 is 20.8 Å². The maximum atomic E-state index is 4.93. The summed E-state index contributed by atoms with van der Waals surface area (Å²) in [6.45, 7) is 15.6. The third kappa shape index (κ3) is 10.0. The monoisotopic (exact) mass is 704 g/mol. The van der Waals surface area contributed by atoms with Gasteiger partial charge >= 0.3 is 37.9 Å². The summed E-state index contributed by atoms with van der Waals surface area (Å²) in [6.07, 6.45) is 6.86. The SMILES string of the molecule is CCC(C)c1cccc2[cH-]c(C3CCCC3)cc12.C[Si]C.Cc1cc2c(-c3ccc(C(C)C)cc3)cccc2[cH-]1.[Cl][Zr+2][Cl]. The number of hydrogen-bond donors (Lipinski definition) is 0. The van der Waals surface area contributed by atoms with Crippen LogP contribution in [-0.2, 0) is 20.8 Å². The molecule has 0 bridgehead atoms. The number of rotatable bonds is 5. The van der Waals surface area contributed by atoms with Gasteiger partial charge in [0.15, 0.2) is 0 Å². The van der Waals surface area contributed by atoms with Gasteiger partial charge in [0.05, 0.1) is 0 Å². The molecule has 1 saturated carbocycles. The summed E-state index contributed by atoms with van der Waals surface area (Å²) in [5.41, 5.74) is 8.51. The van der Waals surface area contributed by atoms with E-state index in [0.29, 0.717) is 11.8 Å². The number of halogens is 2. The van der Waals surface area contributed by atoms with Gasteiger partial charge < -0.3 is 0 Å². The van der Waals surface area contributed by atoms with Crippen LogP contribution in [0.4, 0.5) is 0 Å². The van der Waals surface area contributed by atoms with Crippen molar-refractivity contribution in [3.05, 3.63) is 107 Å². The molecule has 226 valence electrons. The maximum absolute atomic E-state index is 4.93. The third-order valence-electron chi connectivity index (χ3n) is 8.56. The predicted octanol–water partition coefficient (Wildman–Crippen LogP) is 13.6. The first-order valence-corrected chi connectivity index (χ1v) is 24.1. The van der Waals surface area contributed by atoms with Crippen molar-refractivity contribution < 1.29 is 20.8 Å². The molecule has 0 aliphatic heterocycles. The Morgan fingerprint density at radius 2 is 1.42 bits per heavy atom. The Labute approximate surface area is 282 Å². The van der Waals surface area contributed by atoms with E-state index in [-0.39, 0.29) is 0 Å². The average Bonchev–Trinajstić information content (AvgIpc) is 3.77. The van der Waals surface area contributed by atoms with Crippen molar-refractivity contribution in [2.24, 2.45) is 0 Å². The van der Waals surface area contributed by atoms with E-state index in [1.54, 1.807) is 11.1 Å². The van der Waals surface area contributed by atoms with Crippen LogP contribution in [-0.4, -0.2) is 9.52 Å². The van der Waals surface area contributed by atoms with Crippen molar-refractivity contribution in [2.45, 2.75) is 97.6 Å². The topological polar surface area (TPSA) is 0 Å². The van der Waals surface area contributed by atoms with Crippen LogP contribution in [0.15, 0.2) is 84.9 Å². The first-order valence-electron chi connectivity index (χ1n) is 15.8. The first kappa shape index (κ1) is 36.0. The van der Waals surface area contributed by atoms with E-state index in [9.17, 15) is 0 Å². The van der Waals surface area contributed by atoms with Gasteiger partial charge in [0.1, 0.15) is 0 Å². The average molecular weight is 707 g/mol. The molecule has 2 radical (unpaired) electrons. The van der Waals surface area contributed by atoms with Crippen LogP contribution in [0.5, 0.6) is 0 Å². The van der Waals surface area contributed by atoms with E-state index in [1.165, 1.54) is 75.9 Å². The van der Waals surface area contributed by atoms with Crippen molar-refractivity contribution in [1.29, 1.82) is 0 Å². The first-order chi connectivity index (χ1) is 20.8. The van der Waals surface area contributed by atoms with Crippen LogP contribution in [0.3, 0.4) is 0 Å². The minimum absolute atomic E-state index is 0.589. The summed E-state index contributed by atoms with van der Waals surface area (Å²) in [5.74, 6) is 2.10. The van der Waals surface area contributed by atoms with Gasteiger partial charge in [-0.3, -0.25) is 0 Å². The fourth-order valence-electron chi connectivity index (χ4n) is 6.11. The van der Waals surface area contributed by atoms with Gasteiger partial charge in [-0.05, 0) is 41.7 Å². The van der Waals surface area contributed by atoms with Crippen molar-refractivity contribution in [1.82, 2.24) is 0 Å². The molecule has 0 saturated heterocycles. The van der Waals surface area contributed by atoms with E-state index >= 15 is 0 Å². The molecule has 5 aromatic carbocycles. The Balaban J connectivity index is 0.000000200. The van der Waals surface area contributed by atoms with Crippen molar-refractivity contribution in [3.8, 4) is 11.1 Å². The molecule has 43 heavy (non-hydrogen) atoms. The molecule has 0 heterocycles. The molecule has 1 fully saturated rings. The van der Waals surface area contributed by atoms with Gasteiger partial charge in [-0.25, -0.2) is 0 Å². The van der Waals surface area contributed by atoms with E-state index in [0.717, 1.165) is 15.4 Å². The Morgan fingerprint density at radius 3 is 2.00 bits per heavy atom. The normalized spacial score (nSPS) is 13.4. The summed E-state index contributed by atoms with van der Waals surface area (Å²) in [5, 5.41) is 5.66. The van der Waals surface area contributed by atoms with Crippen LogP contribution < -0.4 is 0 Å². The molecule has 1 unspecified atom stereocenters. The molecule has 1 atom stereocenters. The number of fused-ring (bicyclic) bond motifs is 2. The standard InChI is InChI=1S/C19H19.C18H23.C2H6Si.2ClH.Zr/c1-13(2)15-7-9-16(10-8-15)18-6-4-5-17-11-14(3)12-19(17)18;1-3-13(2)17-10-6-9-15-11-16(12-18(15)17)14-7-4-5-8-14;1-3-2;;;/h4-13H,1-3H3;6,9-14H,3-5,7-8H2,1-2H3;1-2H3;2*1H;/q2*-1;;;;+4/p-2. The molecule has 0 amide bonds. The van der Waals surface area contributed by atoms with E-state index in [2.05, 4.69) is 133 Å². The quantitative estimate of drug-likeness (QED) is 0.126. The van der Waals surface area contributed by atoms with E-state index in [1.807, 2.05) is 0 Å². The Hall–Kier alpha value is -1.44. The van der Waals surface area contributed by atoms with Crippen LogP contribution in [0.2, 0.25) is 13.1 Å². The van der Waals surface area contributed by atoms with Crippen molar-refractivity contribution in [2.75, 3.05) is 0 Å². The molecule has 1 aliphatic rings. The molecular formula is C39H48Cl2SiZr. The Kier molecular flexibility index (Phi) is 15.5. The van der Waals surface area contributed by atoms with Gasteiger partial charge in [-0.15, -0.1) is 69.1 Å². The molecule has 5 aromatic rings. The van der Waals surface area contributed by atoms with Crippen LogP contribution in [0.1, 0.15) is 99.8 Å². The Morgan fingerprint density at radius 1 is 0.837 bits per heavy atom. The fourth-order valence-corrected chi connectivity index (χ4v) is 6.11. The summed E-state index contributed by atoms with van der Waals surface area (Å²) >= 11 is -0.826. The Bertz CT molecular complexity index is 1500. The van der Waals surface area contributed by atoms with Crippen LogP contribution in [0, 0.1) is 6.92 Å². The second-order valence-corrected chi connectivity index (χ2v) is 16.9.